The minimum Gasteiger partial charge on any atom is -0.238 e. The first kappa shape index (κ1) is 10.9. The van der Waals surface area contributed by atoms with Gasteiger partial charge in [0.15, 0.2) is 0 Å². The number of nitrogens with zero attached hydrogens (tertiary/aromatic N) is 2. The van der Waals surface area contributed by atoms with Crippen LogP contribution in [-0.4, -0.2) is 9.78 Å². The largest absolute Gasteiger partial charge is 0.238 e. The van der Waals surface area contributed by atoms with E-state index in [-0.39, 0.29) is 0 Å². The summed E-state index contributed by atoms with van der Waals surface area (Å²) in [5, 5.41) is 4.35. The van der Waals surface area contributed by atoms with Crippen LogP contribution < -0.4 is 0 Å². The average Bonchev–Trinajstić information content (AvgIpc) is 2.66. The first-order chi connectivity index (χ1) is 7.66. The molecule has 0 N–H and O–H groups in total. The number of hydrogen-bond acceptors (Lipinski definition) is 1. The van der Waals surface area contributed by atoms with Gasteiger partial charge in [-0.2, -0.15) is 5.10 Å². The van der Waals surface area contributed by atoms with Gasteiger partial charge in [-0.1, -0.05) is 31.5 Å². The number of rotatable bonds is 3. The summed E-state index contributed by atoms with van der Waals surface area (Å²) < 4.78 is 1.97. The minimum absolute atomic E-state index is 0.529. The highest BCUT2D eigenvalue weighted by molar-refractivity contribution is 5.36. The Balaban J connectivity index is 2.33. The maximum absolute atomic E-state index is 4.35. The van der Waals surface area contributed by atoms with Crippen LogP contribution in [0.4, 0.5) is 0 Å². The molecular formula is C14H17N2. The molecule has 0 unspecified atom stereocenters. The Kier molecular flexibility index (Phi) is 3.09. The molecule has 83 valence electrons. The van der Waals surface area contributed by atoms with Gasteiger partial charge in [-0.25, -0.2) is 4.68 Å². The third kappa shape index (κ3) is 2.32. The minimum atomic E-state index is 0.529. The quantitative estimate of drug-likeness (QED) is 0.764. The maximum Gasteiger partial charge on any atom is 0.0649 e. The van der Waals surface area contributed by atoms with Crippen molar-refractivity contribution in [2.75, 3.05) is 0 Å². The van der Waals surface area contributed by atoms with Crippen molar-refractivity contribution in [1.29, 1.82) is 0 Å². The van der Waals surface area contributed by atoms with Crippen LogP contribution in [0.1, 0.15) is 25.1 Å². The van der Waals surface area contributed by atoms with Crippen molar-refractivity contribution in [3.63, 3.8) is 0 Å². The Hall–Kier alpha value is -1.57. The number of aryl methyl sites for hydroxylation is 1. The zero-order valence-electron chi connectivity index (χ0n) is 10.0. The monoisotopic (exact) mass is 213 g/mol. The molecule has 0 fully saturated rings. The lowest BCUT2D eigenvalue weighted by Crippen LogP contribution is -2.03. The zero-order chi connectivity index (χ0) is 11.5. The van der Waals surface area contributed by atoms with Crippen LogP contribution in [0.3, 0.4) is 0 Å². The maximum atomic E-state index is 4.35. The van der Waals surface area contributed by atoms with Crippen LogP contribution >= 0.6 is 0 Å². The summed E-state index contributed by atoms with van der Waals surface area (Å²) in [4.78, 5) is 0. The SMILES string of the molecule is Cc1ccc(-n2nccc2[CH]C(C)C)cc1. The molecule has 0 saturated heterocycles. The molecule has 2 heteroatoms. The molecule has 2 rings (SSSR count). The smallest absolute Gasteiger partial charge is 0.0649 e. The predicted octanol–water partition coefficient (Wildman–Crippen LogP) is 3.39. The molecule has 16 heavy (non-hydrogen) atoms. The lowest BCUT2D eigenvalue weighted by atomic mass is 10.1. The molecule has 0 amide bonds. The summed E-state index contributed by atoms with van der Waals surface area (Å²) in [6.07, 6.45) is 4.06. The van der Waals surface area contributed by atoms with Crippen molar-refractivity contribution in [3.05, 3.63) is 54.2 Å². The molecule has 0 spiro atoms. The Morgan fingerprint density at radius 3 is 2.44 bits per heavy atom. The van der Waals surface area contributed by atoms with Crippen molar-refractivity contribution in [2.24, 2.45) is 5.92 Å². The second-order valence-electron chi connectivity index (χ2n) is 4.41. The molecule has 1 heterocycles. The van der Waals surface area contributed by atoms with Crippen LogP contribution in [0.2, 0.25) is 0 Å². The molecule has 1 radical (unpaired) electrons. The van der Waals surface area contributed by atoms with E-state index in [1.54, 1.807) is 0 Å². The highest BCUT2D eigenvalue weighted by atomic mass is 15.3. The molecule has 1 aromatic heterocycles. The van der Waals surface area contributed by atoms with Gasteiger partial charge in [0.1, 0.15) is 0 Å². The van der Waals surface area contributed by atoms with E-state index in [1.807, 2.05) is 16.9 Å². The molecular weight excluding hydrogens is 196 g/mol. The highest BCUT2D eigenvalue weighted by Gasteiger charge is 2.06. The third-order valence-corrected chi connectivity index (χ3v) is 2.45. The van der Waals surface area contributed by atoms with Gasteiger partial charge in [-0.05, 0) is 31.0 Å². The van der Waals surface area contributed by atoms with Crippen molar-refractivity contribution in [1.82, 2.24) is 9.78 Å². The number of benzene rings is 1. The van der Waals surface area contributed by atoms with Crippen LogP contribution in [0, 0.1) is 19.3 Å². The topological polar surface area (TPSA) is 17.8 Å². The van der Waals surface area contributed by atoms with Crippen molar-refractivity contribution in [3.8, 4) is 5.69 Å². The van der Waals surface area contributed by atoms with Crippen molar-refractivity contribution in [2.45, 2.75) is 20.8 Å². The van der Waals surface area contributed by atoms with E-state index in [9.17, 15) is 0 Å². The predicted molar refractivity (Wildman–Crippen MR) is 66.5 cm³/mol. The Morgan fingerprint density at radius 2 is 1.81 bits per heavy atom. The fraction of sp³-hybridized carbons (Fsp3) is 0.286. The van der Waals surface area contributed by atoms with E-state index in [1.165, 1.54) is 5.56 Å². The number of aromatic nitrogens is 2. The van der Waals surface area contributed by atoms with E-state index in [0.717, 1.165) is 11.4 Å². The molecule has 0 aliphatic carbocycles. The van der Waals surface area contributed by atoms with Gasteiger partial charge in [-0.3, -0.25) is 0 Å². The molecule has 0 bridgehead atoms. The van der Waals surface area contributed by atoms with E-state index >= 15 is 0 Å². The van der Waals surface area contributed by atoms with Gasteiger partial charge in [-0.15, -0.1) is 0 Å². The molecule has 1 aromatic carbocycles. The van der Waals surface area contributed by atoms with Gasteiger partial charge < -0.3 is 0 Å². The molecule has 2 nitrogen and oxygen atoms in total. The summed E-state index contributed by atoms with van der Waals surface area (Å²) in [6, 6.07) is 10.5. The fourth-order valence-electron chi connectivity index (χ4n) is 1.68. The first-order valence-corrected chi connectivity index (χ1v) is 5.63. The van der Waals surface area contributed by atoms with Crippen molar-refractivity contribution >= 4 is 0 Å². The summed E-state index contributed by atoms with van der Waals surface area (Å²) in [5.74, 6) is 0.529. The molecule has 0 aliphatic heterocycles. The average molecular weight is 213 g/mol. The summed E-state index contributed by atoms with van der Waals surface area (Å²) >= 11 is 0. The van der Waals surface area contributed by atoms with Crippen LogP contribution in [0.25, 0.3) is 5.69 Å². The summed E-state index contributed by atoms with van der Waals surface area (Å²) in [5.41, 5.74) is 3.53. The Morgan fingerprint density at radius 1 is 1.12 bits per heavy atom. The second-order valence-corrected chi connectivity index (χ2v) is 4.41. The highest BCUT2D eigenvalue weighted by Crippen LogP contribution is 2.15. The third-order valence-electron chi connectivity index (χ3n) is 2.45. The van der Waals surface area contributed by atoms with Gasteiger partial charge in [0.05, 0.1) is 5.69 Å². The van der Waals surface area contributed by atoms with E-state index in [0.29, 0.717) is 5.92 Å². The van der Waals surface area contributed by atoms with Crippen molar-refractivity contribution < 1.29 is 0 Å². The van der Waals surface area contributed by atoms with Gasteiger partial charge >= 0.3 is 0 Å². The normalized spacial score (nSPS) is 11.0. The van der Waals surface area contributed by atoms with Gasteiger partial charge in [0.2, 0.25) is 0 Å². The van der Waals surface area contributed by atoms with Crippen LogP contribution in [0.15, 0.2) is 36.5 Å². The number of hydrogen-bond donors (Lipinski definition) is 0. The van der Waals surface area contributed by atoms with Crippen LogP contribution in [-0.2, 0) is 0 Å². The van der Waals surface area contributed by atoms with E-state index in [4.69, 9.17) is 0 Å². The van der Waals surface area contributed by atoms with E-state index in [2.05, 4.69) is 56.6 Å². The lowest BCUT2D eigenvalue weighted by molar-refractivity contribution is 0.738. The molecule has 0 atom stereocenters. The Bertz CT molecular complexity index is 452. The van der Waals surface area contributed by atoms with Gasteiger partial charge in [0.25, 0.3) is 0 Å². The van der Waals surface area contributed by atoms with Gasteiger partial charge in [0, 0.05) is 18.3 Å². The fourth-order valence-corrected chi connectivity index (χ4v) is 1.68. The zero-order valence-corrected chi connectivity index (χ0v) is 10.0. The summed E-state index contributed by atoms with van der Waals surface area (Å²) in [6.45, 7) is 6.44. The molecule has 0 saturated carbocycles. The standard InChI is InChI=1S/C14H17N2/c1-11(2)10-14-8-9-15-16(14)13-6-4-12(3)5-7-13/h4-11H,1-3H3. The first-order valence-electron chi connectivity index (χ1n) is 5.63. The van der Waals surface area contributed by atoms with E-state index < -0.39 is 0 Å². The second kappa shape index (κ2) is 4.52. The lowest BCUT2D eigenvalue weighted by Gasteiger charge is -2.09. The Labute approximate surface area is 96.9 Å². The van der Waals surface area contributed by atoms with Crippen LogP contribution in [0.5, 0.6) is 0 Å². The molecule has 0 aliphatic rings. The summed E-state index contributed by atoms with van der Waals surface area (Å²) in [7, 11) is 0. The molecule has 2 aromatic rings.